The van der Waals surface area contributed by atoms with E-state index in [1.165, 1.54) is 7.28 Å². The van der Waals surface area contributed by atoms with E-state index in [9.17, 15) is 9.59 Å². The first-order chi connectivity index (χ1) is 17.5. The number of benzene rings is 1. The van der Waals surface area contributed by atoms with E-state index in [1.54, 1.807) is 0 Å². The lowest BCUT2D eigenvalue weighted by Crippen LogP contribution is -2.39. The first kappa shape index (κ1) is 32.4. The number of aryl methyl sites for hydroxylation is 1. The van der Waals surface area contributed by atoms with E-state index >= 15 is 0 Å². The standard InChI is InChI=1S/C16H21BN3O2.C10H14N2.C2H6/c18-10-4-7-15(17-12-19)16(22)20-14(11-21)9-8-13-5-2-1-3-6-13;1-4-8-6-9(11-3)7-12-10(8)5-2;1-2/h1-3,5-6,11,14-15H,4,7-10,18H2,(H,20,22);4-7,10-12H,1-2H2,3H3;1-2H3. The van der Waals surface area contributed by atoms with E-state index in [1.807, 2.05) is 75.5 Å². The molecule has 5 N–H and O–H groups in total. The van der Waals surface area contributed by atoms with Crippen LogP contribution in [0.2, 0.25) is 5.82 Å². The predicted molar refractivity (Wildman–Crippen MR) is 150 cm³/mol. The number of nitrogens with one attached hydrogen (secondary N) is 3. The Labute approximate surface area is 217 Å². The fourth-order valence-corrected chi connectivity index (χ4v) is 3.27. The summed E-state index contributed by atoms with van der Waals surface area (Å²) in [4.78, 5) is 23.3. The third kappa shape index (κ3) is 12.8. The van der Waals surface area contributed by atoms with Crippen LogP contribution in [0.4, 0.5) is 0 Å². The zero-order valence-corrected chi connectivity index (χ0v) is 21.9. The highest BCUT2D eigenvalue weighted by Gasteiger charge is 2.22. The molecule has 1 aromatic carbocycles. The Kier molecular flexibility index (Phi) is 18.7. The van der Waals surface area contributed by atoms with Gasteiger partial charge in [-0.2, -0.15) is 0 Å². The first-order valence-corrected chi connectivity index (χ1v) is 12.4. The van der Waals surface area contributed by atoms with Crippen molar-refractivity contribution in [2.24, 2.45) is 5.73 Å². The summed E-state index contributed by atoms with van der Waals surface area (Å²) in [5, 5.41) is 17.7. The number of aldehydes is 1. The van der Waals surface area contributed by atoms with E-state index in [4.69, 9.17) is 11.0 Å². The minimum absolute atomic E-state index is 0.194. The van der Waals surface area contributed by atoms with Crippen LogP contribution in [0, 0.1) is 11.2 Å². The van der Waals surface area contributed by atoms with Crippen LogP contribution < -0.4 is 21.7 Å². The van der Waals surface area contributed by atoms with E-state index in [-0.39, 0.29) is 11.9 Å². The van der Waals surface area contributed by atoms with Gasteiger partial charge in [0.05, 0.1) is 17.8 Å². The molecule has 1 heterocycles. The molecule has 0 aromatic heterocycles. The van der Waals surface area contributed by atoms with E-state index < -0.39 is 11.9 Å². The molecule has 0 bridgehead atoms. The number of hydrogen-bond acceptors (Lipinski definition) is 6. The Morgan fingerprint density at radius 3 is 2.50 bits per heavy atom. The topological polar surface area (TPSA) is 120 Å². The molecule has 0 spiro atoms. The van der Waals surface area contributed by atoms with Gasteiger partial charge in [-0.1, -0.05) is 62.9 Å². The quantitative estimate of drug-likeness (QED) is 0.191. The van der Waals surface area contributed by atoms with Crippen LogP contribution in [0.1, 0.15) is 38.7 Å². The third-order valence-corrected chi connectivity index (χ3v) is 5.27. The summed E-state index contributed by atoms with van der Waals surface area (Å²) in [6, 6.07) is 9.43. The molecule has 3 atom stereocenters. The van der Waals surface area contributed by atoms with Crippen LogP contribution in [-0.2, 0) is 16.0 Å². The van der Waals surface area contributed by atoms with Crippen molar-refractivity contribution in [3.63, 3.8) is 0 Å². The van der Waals surface area contributed by atoms with Crippen LogP contribution in [0.15, 0.2) is 79.2 Å². The largest absolute Gasteiger partial charge is 0.387 e. The molecule has 0 saturated carbocycles. The summed E-state index contributed by atoms with van der Waals surface area (Å²) in [5.74, 6) is 1.08. The Hall–Kier alpha value is -3.57. The van der Waals surface area contributed by atoms with E-state index in [0.717, 1.165) is 23.1 Å². The fraction of sp³-hybridized carbons (Fsp3) is 0.393. The maximum absolute atomic E-state index is 12.1. The number of rotatable bonds is 13. The summed E-state index contributed by atoms with van der Waals surface area (Å²) in [6.45, 7) is 11.9. The summed E-state index contributed by atoms with van der Waals surface area (Å²) in [6.07, 6.45) is 10.8. The molecule has 7 nitrogen and oxygen atoms in total. The van der Waals surface area contributed by atoms with Crippen molar-refractivity contribution in [2.75, 3.05) is 13.6 Å². The fourth-order valence-electron chi connectivity index (χ4n) is 3.27. The van der Waals surface area contributed by atoms with Crippen LogP contribution in [0.3, 0.4) is 0 Å². The second kappa shape index (κ2) is 20.8. The molecular weight excluding hydrogens is 449 g/mol. The lowest BCUT2D eigenvalue weighted by atomic mass is 9.63. The number of amides is 1. The Morgan fingerprint density at radius 2 is 1.97 bits per heavy atom. The van der Waals surface area contributed by atoms with Crippen molar-refractivity contribution in [2.45, 2.75) is 57.4 Å². The van der Waals surface area contributed by atoms with Gasteiger partial charge in [0.25, 0.3) is 7.28 Å². The Morgan fingerprint density at radius 1 is 1.28 bits per heavy atom. The van der Waals surface area contributed by atoms with Crippen molar-refractivity contribution in [1.82, 2.24) is 16.0 Å². The van der Waals surface area contributed by atoms with Crippen molar-refractivity contribution >= 4 is 19.5 Å². The second-order valence-electron chi connectivity index (χ2n) is 7.69. The Balaban J connectivity index is 0.000000735. The molecule has 1 radical (unpaired) electrons. The SMILES string of the molecule is C=CC1=CC(NC)=CNC1C=C.CC.N#C[B]C(CCCN)C(=O)NC(C=O)CCc1ccccc1. The monoisotopic (exact) mass is 490 g/mol. The van der Waals surface area contributed by atoms with Gasteiger partial charge in [-0.3, -0.25) is 4.79 Å². The normalized spacial score (nSPS) is 15.1. The van der Waals surface area contributed by atoms with Gasteiger partial charge in [0.1, 0.15) is 6.29 Å². The van der Waals surface area contributed by atoms with Gasteiger partial charge in [-0.05, 0) is 55.4 Å². The van der Waals surface area contributed by atoms with Crippen LogP contribution >= 0.6 is 0 Å². The van der Waals surface area contributed by atoms with Gasteiger partial charge >= 0.3 is 0 Å². The minimum atomic E-state index is -0.542. The van der Waals surface area contributed by atoms with Crippen LogP contribution in [-0.4, -0.2) is 45.1 Å². The van der Waals surface area contributed by atoms with Crippen molar-refractivity contribution < 1.29 is 9.59 Å². The Bertz CT molecular complexity index is 893. The van der Waals surface area contributed by atoms with Gasteiger partial charge in [-0.15, -0.1) is 6.58 Å². The lowest BCUT2D eigenvalue weighted by Gasteiger charge is -2.20. The molecule has 0 saturated heterocycles. The molecule has 0 aliphatic carbocycles. The minimum Gasteiger partial charge on any atom is -0.387 e. The van der Waals surface area contributed by atoms with E-state index in [0.29, 0.717) is 32.2 Å². The highest BCUT2D eigenvalue weighted by molar-refractivity contribution is 6.52. The molecule has 8 heteroatoms. The molecule has 0 fully saturated rings. The number of carbonyl (C=O) groups is 2. The summed E-state index contributed by atoms with van der Waals surface area (Å²) >= 11 is 0. The lowest BCUT2D eigenvalue weighted by molar-refractivity contribution is -0.124. The van der Waals surface area contributed by atoms with Gasteiger partial charge in [-0.25, -0.2) is 5.26 Å². The zero-order chi connectivity index (χ0) is 27.2. The van der Waals surface area contributed by atoms with Crippen molar-refractivity contribution in [1.29, 1.82) is 5.26 Å². The molecule has 193 valence electrons. The number of hydrogen-bond donors (Lipinski definition) is 4. The van der Waals surface area contributed by atoms with Crippen LogP contribution in [0.5, 0.6) is 0 Å². The van der Waals surface area contributed by atoms with Crippen molar-refractivity contribution in [3.05, 3.63) is 84.8 Å². The molecule has 3 unspecified atom stereocenters. The summed E-state index contributed by atoms with van der Waals surface area (Å²) < 4.78 is 0. The molecule has 1 amide bonds. The molecule has 36 heavy (non-hydrogen) atoms. The molecule has 2 rings (SSSR count). The average Bonchev–Trinajstić information content (AvgIpc) is 2.94. The van der Waals surface area contributed by atoms with Crippen molar-refractivity contribution in [3.8, 4) is 5.97 Å². The second-order valence-corrected chi connectivity index (χ2v) is 7.69. The summed E-state index contributed by atoms with van der Waals surface area (Å²) in [7, 11) is 3.18. The highest BCUT2D eigenvalue weighted by atomic mass is 16.2. The maximum Gasteiger partial charge on any atom is 0.267 e. The smallest absolute Gasteiger partial charge is 0.267 e. The average molecular weight is 490 g/mol. The number of nitriles is 1. The number of dihydropyridines is 1. The molecule has 1 aliphatic rings. The molecule has 1 aliphatic heterocycles. The summed E-state index contributed by atoms with van der Waals surface area (Å²) in [5.41, 5.74) is 8.74. The van der Waals surface area contributed by atoms with Gasteiger partial charge in [0.15, 0.2) is 0 Å². The highest BCUT2D eigenvalue weighted by Crippen LogP contribution is 2.13. The van der Waals surface area contributed by atoms with E-state index in [2.05, 4.69) is 35.2 Å². The van der Waals surface area contributed by atoms with Gasteiger partial charge in [0, 0.05) is 19.1 Å². The molecule has 1 aromatic rings. The van der Waals surface area contributed by atoms with Crippen LogP contribution in [0.25, 0.3) is 0 Å². The first-order valence-electron chi connectivity index (χ1n) is 12.4. The van der Waals surface area contributed by atoms with Gasteiger partial charge in [0.2, 0.25) is 5.91 Å². The number of nitrogens with two attached hydrogens (primary N) is 1. The number of nitrogens with zero attached hydrogens (tertiary/aromatic N) is 1. The van der Waals surface area contributed by atoms with Gasteiger partial charge < -0.3 is 26.5 Å². The zero-order valence-electron chi connectivity index (χ0n) is 21.9. The maximum atomic E-state index is 12.1. The number of likely N-dealkylation sites (N-methyl/N-ethyl adjacent to an activating group) is 1. The third-order valence-electron chi connectivity index (χ3n) is 5.27. The predicted octanol–water partition coefficient (Wildman–Crippen LogP) is 3.36. The number of allylic oxidation sites excluding steroid dienone is 1. The molecular formula is C28H41BN5O2. The number of carbonyl (C=O) groups excluding carboxylic acids is 2.